The third-order valence-electron chi connectivity index (χ3n) is 4.70. The van der Waals surface area contributed by atoms with Crippen LogP contribution < -0.4 is 5.14 Å². The first-order chi connectivity index (χ1) is 12.3. The molecule has 0 aromatic heterocycles. The van der Waals surface area contributed by atoms with Gasteiger partial charge in [-0.15, -0.1) is 0 Å². The Labute approximate surface area is 154 Å². The fourth-order valence-electron chi connectivity index (χ4n) is 3.21. The van der Waals surface area contributed by atoms with E-state index in [1.807, 2.05) is 0 Å². The molecule has 1 fully saturated rings. The first-order valence-corrected chi connectivity index (χ1v) is 10.3. The largest absolute Gasteiger partial charge is 0.469 e. The van der Waals surface area contributed by atoms with E-state index in [4.69, 9.17) is 5.14 Å². The molecule has 0 atom stereocenters. The van der Waals surface area contributed by atoms with Crippen molar-refractivity contribution in [2.45, 2.75) is 50.0 Å². The molecule has 0 bridgehead atoms. The topological polar surface area (TPSA) is 107 Å². The molecule has 26 heavy (non-hydrogen) atoms. The number of esters is 1. The number of primary sulfonamides is 1. The van der Waals surface area contributed by atoms with Crippen LogP contribution in [0.15, 0.2) is 29.2 Å². The van der Waals surface area contributed by atoms with Crippen LogP contribution in [0.25, 0.3) is 0 Å². The molecule has 7 nitrogen and oxygen atoms in total. The van der Waals surface area contributed by atoms with Crippen LogP contribution in [-0.4, -0.2) is 38.8 Å². The molecule has 2 N–H and O–H groups in total. The van der Waals surface area contributed by atoms with Crippen molar-refractivity contribution >= 4 is 21.9 Å². The Morgan fingerprint density at radius 3 is 2.31 bits per heavy atom. The monoisotopic (exact) mass is 382 g/mol. The number of ether oxygens (including phenoxy) is 1. The fraction of sp³-hybridized carbons (Fsp3) is 0.556. The number of carbonyl (C=O) groups excluding carboxylic acids is 2. The minimum Gasteiger partial charge on any atom is -0.469 e. The number of carbonyl (C=O) groups is 2. The smallest absolute Gasteiger partial charge is 0.307 e. The summed E-state index contributed by atoms with van der Waals surface area (Å²) in [5.74, 6) is -0.328. The standard InChI is InChI=1S/C18H26N2O5S/c1-25-17(21)11-12-20(18(22)15-5-3-2-4-6-15)13-14-7-9-16(10-8-14)26(19,23)24/h7-10,15H,2-6,11-13H2,1H3,(H2,19,23,24). The molecule has 0 unspecified atom stereocenters. The Hall–Kier alpha value is -1.93. The molecule has 8 heteroatoms. The third kappa shape index (κ3) is 5.81. The molecule has 1 amide bonds. The lowest BCUT2D eigenvalue weighted by Crippen LogP contribution is -2.38. The highest BCUT2D eigenvalue weighted by atomic mass is 32.2. The van der Waals surface area contributed by atoms with Crippen LogP contribution in [-0.2, 0) is 30.9 Å². The van der Waals surface area contributed by atoms with E-state index in [2.05, 4.69) is 4.74 Å². The zero-order chi connectivity index (χ0) is 19.2. The molecule has 1 aliphatic carbocycles. The summed E-state index contributed by atoms with van der Waals surface area (Å²) in [6.07, 6.45) is 5.12. The number of amides is 1. The molecule has 144 valence electrons. The highest BCUT2D eigenvalue weighted by Crippen LogP contribution is 2.26. The zero-order valence-electron chi connectivity index (χ0n) is 15.0. The van der Waals surface area contributed by atoms with Crippen LogP contribution in [0, 0.1) is 5.92 Å². The summed E-state index contributed by atoms with van der Waals surface area (Å²) in [6.45, 7) is 0.593. The number of methoxy groups -OCH3 is 1. The molecule has 1 aliphatic rings. The average Bonchev–Trinajstić information content (AvgIpc) is 2.64. The summed E-state index contributed by atoms with van der Waals surface area (Å²) < 4.78 is 27.4. The molecule has 0 aliphatic heterocycles. The van der Waals surface area contributed by atoms with E-state index in [0.717, 1.165) is 37.7 Å². The predicted molar refractivity (Wildman–Crippen MR) is 96.4 cm³/mol. The van der Waals surface area contributed by atoms with E-state index in [1.165, 1.54) is 19.2 Å². The number of hydrogen-bond donors (Lipinski definition) is 1. The molecule has 0 saturated heterocycles. The maximum absolute atomic E-state index is 12.9. The summed E-state index contributed by atoms with van der Waals surface area (Å²) >= 11 is 0. The van der Waals surface area contributed by atoms with E-state index in [0.29, 0.717) is 6.54 Å². The van der Waals surface area contributed by atoms with Gasteiger partial charge in [-0.3, -0.25) is 9.59 Å². The Bertz CT molecular complexity index is 724. The Kier molecular flexibility index (Phi) is 7.16. The number of benzene rings is 1. The summed E-state index contributed by atoms with van der Waals surface area (Å²) in [7, 11) is -2.43. The summed E-state index contributed by atoms with van der Waals surface area (Å²) in [5.41, 5.74) is 0.784. The van der Waals surface area contributed by atoms with Gasteiger partial charge >= 0.3 is 5.97 Å². The van der Waals surface area contributed by atoms with Crippen LogP contribution in [0.4, 0.5) is 0 Å². The normalized spacial score (nSPS) is 15.5. The molecular weight excluding hydrogens is 356 g/mol. The molecule has 2 rings (SSSR count). The van der Waals surface area contributed by atoms with E-state index in [1.54, 1.807) is 17.0 Å². The first kappa shape index (κ1) is 20.4. The summed E-state index contributed by atoms with van der Waals surface area (Å²) in [6, 6.07) is 6.13. The Morgan fingerprint density at radius 1 is 1.15 bits per heavy atom. The second-order valence-corrected chi connectivity index (χ2v) is 8.17. The molecule has 1 aromatic carbocycles. The van der Waals surface area contributed by atoms with Gasteiger partial charge in [-0.2, -0.15) is 0 Å². The van der Waals surface area contributed by atoms with Crippen molar-refractivity contribution in [1.29, 1.82) is 0 Å². The van der Waals surface area contributed by atoms with Gasteiger partial charge in [0.15, 0.2) is 0 Å². The highest BCUT2D eigenvalue weighted by Gasteiger charge is 2.26. The van der Waals surface area contributed by atoms with Crippen molar-refractivity contribution in [3.05, 3.63) is 29.8 Å². The SMILES string of the molecule is COC(=O)CCN(Cc1ccc(S(N)(=O)=O)cc1)C(=O)C1CCCCC1. The molecule has 0 heterocycles. The minimum absolute atomic E-state index is 0.00918. The second kappa shape index (κ2) is 9.14. The molecule has 1 aromatic rings. The number of rotatable bonds is 7. The number of sulfonamides is 1. The molecular formula is C18H26N2O5S. The lowest BCUT2D eigenvalue weighted by molar-refractivity contribution is -0.143. The van der Waals surface area contributed by atoms with Gasteiger partial charge in [0.25, 0.3) is 0 Å². The molecule has 1 saturated carbocycles. The van der Waals surface area contributed by atoms with Gasteiger partial charge in [-0.25, -0.2) is 13.6 Å². The predicted octanol–water partition coefficient (Wildman–Crippen LogP) is 1.81. The first-order valence-electron chi connectivity index (χ1n) is 8.78. The van der Waals surface area contributed by atoms with E-state index < -0.39 is 10.0 Å². The average molecular weight is 382 g/mol. The van der Waals surface area contributed by atoms with Gasteiger partial charge in [0.2, 0.25) is 15.9 Å². The number of nitrogens with zero attached hydrogens (tertiary/aromatic N) is 1. The molecule has 0 spiro atoms. The lowest BCUT2D eigenvalue weighted by Gasteiger charge is -2.29. The maximum atomic E-state index is 12.9. The van der Waals surface area contributed by atoms with Gasteiger partial charge in [0.1, 0.15) is 0 Å². The van der Waals surface area contributed by atoms with Crippen LogP contribution >= 0.6 is 0 Å². The van der Waals surface area contributed by atoms with Crippen molar-refractivity contribution in [1.82, 2.24) is 4.90 Å². The summed E-state index contributed by atoms with van der Waals surface area (Å²) in [5, 5.41) is 5.11. The Morgan fingerprint density at radius 2 is 1.77 bits per heavy atom. The van der Waals surface area contributed by atoms with Gasteiger partial charge in [-0.05, 0) is 30.5 Å². The Balaban J connectivity index is 2.11. The van der Waals surface area contributed by atoms with E-state index in [9.17, 15) is 18.0 Å². The van der Waals surface area contributed by atoms with E-state index in [-0.39, 0.29) is 35.7 Å². The van der Waals surface area contributed by atoms with Crippen LogP contribution in [0.1, 0.15) is 44.1 Å². The van der Waals surface area contributed by atoms with Crippen molar-refractivity contribution in [2.24, 2.45) is 11.1 Å². The number of hydrogen-bond acceptors (Lipinski definition) is 5. The third-order valence-corrected chi connectivity index (χ3v) is 5.63. The summed E-state index contributed by atoms with van der Waals surface area (Å²) in [4.78, 5) is 26.1. The zero-order valence-corrected chi connectivity index (χ0v) is 15.8. The van der Waals surface area contributed by atoms with Crippen molar-refractivity contribution < 1.29 is 22.7 Å². The quantitative estimate of drug-likeness (QED) is 0.724. The maximum Gasteiger partial charge on any atom is 0.307 e. The van der Waals surface area contributed by atoms with Crippen molar-refractivity contribution in [3.8, 4) is 0 Å². The van der Waals surface area contributed by atoms with E-state index >= 15 is 0 Å². The fourth-order valence-corrected chi connectivity index (χ4v) is 3.72. The van der Waals surface area contributed by atoms with Gasteiger partial charge in [0, 0.05) is 19.0 Å². The highest BCUT2D eigenvalue weighted by molar-refractivity contribution is 7.89. The number of nitrogens with two attached hydrogens (primary N) is 1. The molecule has 0 radical (unpaired) electrons. The minimum atomic E-state index is -3.75. The van der Waals surface area contributed by atoms with Gasteiger partial charge in [-0.1, -0.05) is 31.4 Å². The van der Waals surface area contributed by atoms with Crippen LogP contribution in [0.2, 0.25) is 0 Å². The van der Waals surface area contributed by atoms with Crippen LogP contribution in [0.5, 0.6) is 0 Å². The van der Waals surface area contributed by atoms with Crippen molar-refractivity contribution in [3.63, 3.8) is 0 Å². The lowest BCUT2D eigenvalue weighted by atomic mass is 9.88. The van der Waals surface area contributed by atoms with Crippen LogP contribution in [0.3, 0.4) is 0 Å². The van der Waals surface area contributed by atoms with Crippen molar-refractivity contribution in [2.75, 3.05) is 13.7 Å². The van der Waals surface area contributed by atoms with Gasteiger partial charge < -0.3 is 9.64 Å². The van der Waals surface area contributed by atoms with Gasteiger partial charge in [0.05, 0.1) is 18.4 Å². The second-order valence-electron chi connectivity index (χ2n) is 6.61.